The highest BCUT2D eigenvalue weighted by Gasteiger charge is 2.20. The Labute approximate surface area is 184 Å². The first-order valence-corrected chi connectivity index (χ1v) is 12.1. The van der Waals surface area contributed by atoms with Gasteiger partial charge in [0.1, 0.15) is 0 Å². The van der Waals surface area contributed by atoms with Crippen LogP contribution < -0.4 is 9.62 Å². The number of carbonyl (C=O) groups is 2. The molecule has 1 N–H and O–H groups in total. The van der Waals surface area contributed by atoms with E-state index in [0.29, 0.717) is 31.6 Å². The Morgan fingerprint density at radius 2 is 1.77 bits per heavy atom. The van der Waals surface area contributed by atoms with E-state index < -0.39 is 10.0 Å². The van der Waals surface area contributed by atoms with Crippen LogP contribution in [-0.4, -0.2) is 44.8 Å². The zero-order chi connectivity index (χ0) is 22.4. The van der Waals surface area contributed by atoms with Gasteiger partial charge in [-0.15, -0.1) is 0 Å². The van der Waals surface area contributed by atoms with Crippen molar-refractivity contribution in [2.45, 2.75) is 44.6 Å². The maximum absolute atomic E-state index is 12.7. The molecule has 2 aromatic carbocycles. The van der Waals surface area contributed by atoms with E-state index in [1.807, 2.05) is 38.1 Å². The number of piperidine rings is 1. The Morgan fingerprint density at radius 3 is 2.42 bits per heavy atom. The minimum absolute atomic E-state index is 0.100. The molecule has 1 heterocycles. The standard InChI is InChI=1S/C23H29N3O4S/c1-3-25(4-2)23(28)19-11-13-21(14-12-19)31(29,30)24-17-18-8-7-9-20(16-18)26-15-6-5-10-22(26)27/h7-9,11-14,16,24H,3-6,10,15,17H2,1-2H3. The van der Waals surface area contributed by atoms with Crippen LogP contribution in [0.25, 0.3) is 0 Å². The smallest absolute Gasteiger partial charge is 0.253 e. The molecule has 1 fully saturated rings. The first kappa shape index (κ1) is 23.0. The highest BCUT2D eigenvalue weighted by molar-refractivity contribution is 7.89. The summed E-state index contributed by atoms with van der Waals surface area (Å²) in [5, 5.41) is 0. The van der Waals surface area contributed by atoms with Crippen LogP contribution in [0.3, 0.4) is 0 Å². The molecule has 3 rings (SSSR count). The zero-order valence-corrected chi connectivity index (χ0v) is 18.8. The Balaban J connectivity index is 1.68. The van der Waals surface area contributed by atoms with Gasteiger partial charge in [0, 0.05) is 43.9 Å². The second-order valence-corrected chi connectivity index (χ2v) is 9.27. The average molecular weight is 444 g/mol. The normalized spacial score (nSPS) is 14.5. The van der Waals surface area contributed by atoms with Crippen LogP contribution in [0.4, 0.5) is 5.69 Å². The molecule has 7 nitrogen and oxygen atoms in total. The fourth-order valence-electron chi connectivity index (χ4n) is 3.64. The van der Waals surface area contributed by atoms with Crippen molar-refractivity contribution in [2.24, 2.45) is 0 Å². The number of anilines is 1. The average Bonchev–Trinajstić information content (AvgIpc) is 2.79. The maximum Gasteiger partial charge on any atom is 0.253 e. The number of nitrogens with one attached hydrogen (secondary N) is 1. The van der Waals surface area contributed by atoms with Gasteiger partial charge in [0.25, 0.3) is 5.91 Å². The highest BCUT2D eigenvalue weighted by Crippen LogP contribution is 2.22. The van der Waals surface area contributed by atoms with Gasteiger partial charge in [-0.2, -0.15) is 0 Å². The Morgan fingerprint density at radius 1 is 1.06 bits per heavy atom. The van der Waals surface area contributed by atoms with Crippen molar-refractivity contribution < 1.29 is 18.0 Å². The lowest BCUT2D eigenvalue weighted by Crippen LogP contribution is -2.35. The molecule has 0 spiro atoms. The van der Waals surface area contributed by atoms with Gasteiger partial charge < -0.3 is 9.80 Å². The summed E-state index contributed by atoms with van der Waals surface area (Å²) in [5.41, 5.74) is 2.02. The van der Waals surface area contributed by atoms with Crippen molar-refractivity contribution in [1.82, 2.24) is 9.62 Å². The molecule has 0 radical (unpaired) electrons. The van der Waals surface area contributed by atoms with E-state index >= 15 is 0 Å². The summed E-state index contributed by atoms with van der Waals surface area (Å²) in [6, 6.07) is 13.3. The van der Waals surface area contributed by atoms with Crippen molar-refractivity contribution in [3.05, 3.63) is 59.7 Å². The molecule has 8 heteroatoms. The summed E-state index contributed by atoms with van der Waals surface area (Å²) in [6.07, 6.45) is 2.42. The fourth-order valence-corrected chi connectivity index (χ4v) is 4.66. The van der Waals surface area contributed by atoms with Gasteiger partial charge in [0.15, 0.2) is 0 Å². The van der Waals surface area contributed by atoms with Crippen LogP contribution in [0.15, 0.2) is 53.4 Å². The molecule has 1 aliphatic rings. The number of hydrogen-bond acceptors (Lipinski definition) is 4. The molecule has 1 aliphatic heterocycles. The lowest BCUT2D eigenvalue weighted by atomic mass is 10.1. The van der Waals surface area contributed by atoms with E-state index in [1.165, 1.54) is 24.3 Å². The van der Waals surface area contributed by atoms with Crippen molar-refractivity contribution in [1.29, 1.82) is 0 Å². The van der Waals surface area contributed by atoms with Gasteiger partial charge in [-0.3, -0.25) is 9.59 Å². The third-order valence-corrected chi connectivity index (χ3v) is 6.89. The summed E-state index contributed by atoms with van der Waals surface area (Å²) in [5.74, 6) is -0.0192. The first-order chi connectivity index (χ1) is 14.9. The van der Waals surface area contributed by atoms with Gasteiger partial charge in [-0.25, -0.2) is 13.1 Å². The van der Waals surface area contributed by atoms with E-state index in [4.69, 9.17) is 0 Å². The number of carbonyl (C=O) groups excluding carboxylic acids is 2. The summed E-state index contributed by atoms with van der Waals surface area (Å²) in [4.78, 5) is 28.1. The third-order valence-electron chi connectivity index (χ3n) is 5.47. The molecule has 0 atom stereocenters. The second-order valence-electron chi connectivity index (χ2n) is 7.50. The van der Waals surface area contributed by atoms with Crippen molar-refractivity contribution in [3.63, 3.8) is 0 Å². The van der Waals surface area contributed by atoms with Gasteiger partial charge >= 0.3 is 0 Å². The second kappa shape index (κ2) is 10.1. The maximum atomic E-state index is 12.7. The number of rotatable bonds is 8. The molecule has 2 aromatic rings. The topological polar surface area (TPSA) is 86.8 Å². The molecule has 1 saturated heterocycles. The third kappa shape index (κ3) is 5.51. The van der Waals surface area contributed by atoms with Crippen molar-refractivity contribution in [2.75, 3.05) is 24.5 Å². The molecule has 0 saturated carbocycles. The monoisotopic (exact) mass is 443 g/mol. The number of sulfonamides is 1. The van der Waals surface area contributed by atoms with Crippen LogP contribution in [0.2, 0.25) is 0 Å². The number of hydrogen-bond donors (Lipinski definition) is 1. The van der Waals surface area contributed by atoms with Gasteiger partial charge in [0.05, 0.1) is 4.90 Å². The highest BCUT2D eigenvalue weighted by atomic mass is 32.2. The van der Waals surface area contributed by atoms with Crippen LogP contribution in [0.1, 0.15) is 49.0 Å². The van der Waals surface area contributed by atoms with Crippen LogP contribution in [0.5, 0.6) is 0 Å². The zero-order valence-electron chi connectivity index (χ0n) is 18.0. The van der Waals surface area contributed by atoms with Crippen LogP contribution >= 0.6 is 0 Å². The van der Waals surface area contributed by atoms with E-state index in [9.17, 15) is 18.0 Å². The minimum Gasteiger partial charge on any atom is -0.339 e. The number of nitrogens with zero attached hydrogens (tertiary/aromatic N) is 2. The summed E-state index contributed by atoms with van der Waals surface area (Å²) < 4.78 is 28.0. The van der Waals surface area contributed by atoms with Gasteiger partial charge in [0.2, 0.25) is 15.9 Å². The molecule has 0 bridgehead atoms. The van der Waals surface area contributed by atoms with Crippen molar-refractivity contribution in [3.8, 4) is 0 Å². The molecule has 166 valence electrons. The first-order valence-electron chi connectivity index (χ1n) is 10.6. The van der Waals surface area contributed by atoms with Crippen LogP contribution in [0, 0.1) is 0 Å². The lowest BCUT2D eigenvalue weighted by molar-refractivity contribution is -0.119. The van der Waals surface area contributed by atoms with Crippen LogP contribution in [-0.2, 0) is 21.4 Å². The predicted molar refractivity (Wildman–Crippen MR) is 120 cm³/mol. The summed E-state index contributed by atoms with van der Waals surface area (Å²) >= 11 is 0. The summed E-state index contributed by atoms with van der Waals surface area (Å²) in [6.45, 7) is 5.80. The van der Waals surface area contributed by atoms with E-state index in [-0.39, 0.29) is 23.3 Å². The lowest BCUT2D eigenvalue weighted by Gasteiger charge is -2.27. The Kier molecular flexibility index (Phi) is 7.46. The van der Waals surface area contributed by atoms with E-state index in [0.717, 1.165) is 24.1 Å². The largest absolute Gasteiger partial charge is 0.339 e. The molecule has 0 aliphatic carbocycles. The SMILES string of the molecule is CCN(CC)C(=O)c1ccc(S(=O)(=O)NCc2cccc(N3CCCCC3=O)c2)cc1. The number of benzene rings is 2. The molecule has 2 amide bonds. The van der Waals surface area contributed by atoms with E-state index in [2.05, 4.69) is 4.72 Å². The fraction of sp³-hybridized carbons (Fsp3) is 0.391. The predicted octanol–water partition coefficient (Wildman–Crippen LogP) is 3.16. The molecule has 31 heavy (non-hydrogen) atoms. The summed E-state index contributed by atoms with van der Waals surface area (Å²) in [7, 11) is -3.74. The van der Waals surface area contributed by atoms with Gasteiger partial charge in [-0.1, -0.05) is 12.1 Å². The van der Waals surface area contributed by atoms with Crippen molar-refractivity contribution >= 4 is 27.5 Å². The molecular formula is C23H29N3O4S. The minimum atomic E-state index is -3.74. The van der Waals surface area contributed by atoms with E-state index in [1.54, 1.807) is 9.80 Å². The molecule has 0 aromatic heterocycles. The van der Waals surface area contributed by atoms with Gasteiger partial charge in [-0.05, 0) is 68.7 Å². The molecule has 0 unspecified atom stereocenters. The Hall–Kier alpha value is -2.71. The quantitative estimate of drug-likeness (QED) is 0.679. The Bertz CT molecular complexity index is 1030. The molecular weight excluding hydrogens is 414 g/mol. The number of amides is 2.